The van der Waals surface area contributed by atoms with Crippen molar-refractivity contribution >= 4 is 12.1 Å². The first-order valence-corrected chi connectivity index (χ1v) is 7.20. The highest BCUT2D eigenvalue weighted by atomic mass is 16.5. The molecule has 0 spiro atoms. The molecule has 23 heavy (non-hydrogen) atoms. The van der Waals surface area contributed by atoms with E-state index in [2.05, 4.69) is 10.6 Å². The molecule has 0 atom stereocenters. The number of rotatable bonds is 6. The molecule has 120 valence electrons. The third kappa shape index (κ3) is 5.07. The van der Waals surface area contributed by atoms with Gasteiger partial charge in [-0.1, -0.05) is 30.3 Å². The number of hydrogen-bond donors (Lipinski definition) is 2. The number of methoxy groups -OCH3 is 2. The topological polar surface area (TPSA) is 59.6 Å². The van der Waals surface area contributed by atoms with Crippen LogP contribution in [0.15, 0.2) is 54.7 Å². The Balaban J connectivity index is 1.84. The van der Waals surface area contributed by atoms with Crippen molar-refractivity contribution in [1.82, 2.24) is 10.6 Å². The van der Waals surface area contributed by atoms with E-state index in [-0.39, 0.29) is 6.03 Å². The fraction of sp³-hybridized carbons (Fsp3) is 0.167. The first-order chi connectivity index (χ1) is 11.2. The first kappa shape index (κ1) is 16.4. The number of para-hydroxylation sites is 1. The highest BCUT2D eigenvalue weighted by molar-refractivity contribution is 5.76. The van der Waals surface area contributed by atoms with Crippen molar-refractivity contribution in [2.24, 2.45) is 0 Å². The second-order valence-corrected chi connectivity index (χ2v) is 4.75. The van der Waals surface area contributed by atoms with Gasteiger partial charge in [-0.3, -0.25) is 0 Å². The molecule has 0 aliphatic carbocycles. The molecule has 5 nitrogen and oxygen atoms in total. The highest BCUT2D eigenvalue weighted by Crippen LogP contribution is 2.18. The maximum Gasteiger partial charge on any atom is 0.319 e. The molecule has 0 aliphatic rings. The molecule has 0 saturated heterocycles. The van der Waals surface area contributed by atoms with Crippen LogP contribution >= 0.6 is 0 Å². The summed E-state index contributed by atoms with van der Waals surface area (Å²) in [4.78, 5) is 11.8. The van der Waals surface area contributed by atoms with Crippen LogP contribution in [0.4, 0.5) is 4.79 Å². The third-order valence-electron chi connectivity index (χ3n) is 3.20. The van der Waals surface area contributed by atoms with Gasteiger partial charge >= 0.3 is 6.03 Å². The normalized spacial score (nSPS) is 10.3. The number of hydrogen-bond acceptors (Lipinski definition) is 3. The molecule has 5 heteroatoms. The van der Waals surface area contributed by atoms with Gasteiger partial charge in [0.25, 0.3) is 0 Å². The smallest absolute Gasteiger partial charge is 0.319 e. The minimum atomic E-state index is -0.279. The Kier molecular flexibility index (Phi) is 6.06. The molecule has 0 saturated carbocycles. The van der Waals surface area contributed by atoms with Gasteiger partial charge in [-0.05, 0) is 29.8 Å². The number of carbonyl (C=O) groups is 1. The molecule has 2 N–H and O–H groups in total. The number of nitrogens with one attached hydrogen (secondary N) is 2. The summed E-state index contributed by atoms with van der Waals surface area (Å²) < 4.78 is 10.4. The van der Waals surface area contributed by atoms with Crippen molar-refractivity contribution in [2.45, 2.75) is 6.54 Å². The third-order valence-corrected chi connectivity index (χ3v) is 3.20. The Bertz CT molecular complexity index is 683. The van der Waals surface area contributed by atoms with Crippen LogP contribution in [0.1, 0.15) is 11.1 Å². The van der Waals surface area contributed by atoms with E-state index in [9.17, 15) is 4.79 Å². The van der Waals surface area contributed by atoms with Crippen LogP contribution in [0.3, 0.4) is 0 Å². The number of amides is 2. The number of urea groups is 1. The lowest BCUT2D eigenvalue weighted by Crippen LogP contribution is -2.31. The van der Waals surface area contributed by atoms with Crippen molar-refractivity contribution < 1.29 is 14.3 Å². The maximum absolute atomic E-state index is 11.8. The van der Waals surface area contributed by atoms with E-state index in [1.807, 2.05) is 48.5 Å². The van der Waals surface area contributed by atoms with Gasteiger partial charge in [0, 0.05) is 18.3 Å². The Morgan fingerprint density at radius 1 is 1.09 bits per heavy atom. The van der Waals surface area contributed by atoms with Gasteiger partial charge in [0.1, 0.15) is 11.5 Å². The summed E-state index contributed by atoms with van der Waals surface area (Å²) in [5.74, 6) is 1.52. The van der Waals surface area contributed by atoms with E-state index < -0.39 is 0 Å². The van der Waals surface area contributed by atoms with Crippen LogP contribution in [0.25, 0.3) is 6.08 Å². The zero-order chi connectivity index (χ0) is 16.5. The Morgan fingerprint density at radius 3 is 2.70 bits per heavy atom. The van der Waals surface area contributed by atoms with Crippen molar-refractivity contribution in [3.05, 3.63) is 65.9 Å². The van der Waals surface area contributed by atoms with Crippen molar-refractivity contribution in [3.8, 4) is 11.5 Å². The molecular weight excluding hydrogens is 292 g/mol. The molecule has 2 rings (SSSR count). The molecule has 0 fully saturated rings. The summed E-state index contributed by atoms with van der Waals surface area (Å²) in [6.45, 7) is 0.422. The standard InChI is InChI=1S/C18H20N2O3/c1-22-16-8-5-6-14(12-16)13-20-18(21)19-11-10-15-7-3-4-9-17(15)23-2/h3-12H,13H2,1-2H3,(H2,19,20,21)/b11-10+. The van der Waals surface area contributed by atoms with E-state index in [1.165, 1.54) is 0 Å². The quantitative estimate of drug-likeness (QED) is 0.861. The van der Waals surface area contributed by atoms with E-state index in [0.717, 1.165) is 22.6 Å². The van der Waals surface area contributed by atoms with Gasteiger partial charge in [0.05, 0.1) is 14.2 Å². The van der Waals surface area contributed by atoms with Gasteiger partial charge in [0.15, 0.2) is 0 Å². The Hall–Kier alpha value is -2.95. The molecule has 2 amide bonds. The maximum atomic E-state index is 11.8. The zero-order valence-electron chi connectivity index (χ0n) is 13.2. The minimum absolute atomic E-state index is 0.279. The summed E-state index contributed by atoms with van der Waals surface area (Å²) >= 11 is 0. The lowest BCUT2D eigenvalue weighted by molar-refractivity contribution is 0.244. The molecule has 0 bridgehead atoms. The van der Waals surface area contributed by atoms with E-state index in [0.29, 0.717) is 6.54 Å². The largest absolute Gasteiger partial charge is 0.497 e. The summed E-state index contributed by atoms with van der Waals surface area (Å²) in [5.41, 5.74) is 1.86. The fourth-order valence-corrected chi connectivity index (χ4v) is 2.03. The van der Waals surface area contributed by atoms with Crippen LogP contribution < -0.4 is 20.1 Å². The predicted molar refractivity (Wildman–Crippen MR) is 90.4 cm³/mol. The fourth-order valence-electron chi connectivity index (χ4n) is 2.03. The molecule has 0 radical (unpaired) electrons. The second kappa shape index (κ2) is 8.48. The number of benzene rings is 2. The Labute approximate surface area is 135 Å². The lowest BCUT2D eigenvalue weighted by Gasteiger charge is -2.07. The van der Waals surface area contributed by atoms with Gasteiger partial charge in [-0.15, -0.1) is 0 Å². The predicted octanol–water partition coefficient (Wildman–Crippen LogP) is 3.17. The van der Waals surface area contributed by atoms with Crippen LogP contribution in [0.2, 0.25) is 0 Å². The van der Waals surface area contributed by atoms with Crippen LogP contribution in [-0.4, -0.2) is 20.3 Å². The monoisotopic (exact) mass is 312 g/mol. The molecule has 0 aromatic heterocycles. The average Bonchev–Trinajstić information content (AvgIpc) is 2.60. The Morgan fingerprint density at radius 2 is 1.91 bits per heavy atom. The van der Waals surface area contributed by atoms with E-state index in [1.54, 1.807) is 26.5 Å². The first-order valence-electron chi connectivity index (χ1n) is 7.20. The molecule has 0 aliphatic heterocycles. The highest BCUT2D eigenvalue weighted by Gasteiger charge is 2.00. The summed E-state index contributed by atoms with van der Waals surface area (Å²) in [6, 6.07) is 14.8. The lowest BCUT2D eigenvalue weighted by atomic mass is 10.2. The van der Waals surface area contributed by atoms with Gasteiger partial charge < -0.3 is 20.1 Å². The van der Waals surface area contributed by atoms with Crippen molar-refractivity contribution in [1.29, 1.82) is 0 Å². The molecule has 0 unspecified atom stereocenters. The van der Waals surface area contributed by atoms with E-state index >= 15 is 0 Å². The summed E-state index contributed by atoms with van der Waals surface area (Å²) in [7, 11) is 3.23. The summed E-state index contributed by atoms with van der Waals surface area (Å²) in [5, 5.41) is 5.44. The average molecular weight is 312 g/mol. The zero-order valence-corrected chi connectivity index (χ0v) is 13.2. The van der Waals surface area contributed by atoms with Gasteiger partial charge in [-0.2, -0.15) is 0 Å². The van der Waals surface area contributed by atoms with Crippen LogP contribution in [-0.2, 0) is 6.54 Å². The molecule has 0 heterocycles. The van der Waals surface area contributed by atoms with Crippen LogP contribution in [0.5, 0.6) is 11.5 Å². The van der Waals surface area contributed by atoms with Crippen molar-refractivity contribution in [3.63, 3.8) is 0 Å². The summed E-state index contributed by atoms with van der Waals surface area (Å²) in [6.07, 6.45) is 3.36. The van der Waals surface area contributed by atoms with E-state index in [4.69, 9.17) is 9.47 Å². The van der Waals surface area contributed by atoms with Crippen LogP contribution in [0, 0.1) is 0 Å². The second-order valence-electron chi connectivity index (χ2n) is 4.75. The number of ether oxygens (including phenoxy) is 2. The number of carbonyl (C=O) groups excluding carboxylic acids is 1. The molecule has 2 aromatic rings. The minimum Gasteiger partial charge on any atom is -0.497 e. The van der Waals surface area contributed by atoms with Gasteiger partial charge in [-0.25, -0.2) is 4.79 Å². The molecule has 2 aromatic carbocycles. The van der Waals surface area contributed by atoms with Crippen molar-refractivity contribution in [2.75, 3.05) is 14.2 Å². The SMILES string of the molecule is COc1cccc(CNC(=O)N/C=C/c2ccccc2OC)c1. The van der Waals surface area contributed by atoms with Gasteiger partial charge in [0.2, 0.25) is 0 Å². The molecular formula is C18H20N2O3.